The number of nitrogens with zero attached hydrogens (tertiary/aromatic N) is 4. The molecule has 7 nitrogen and oxygen atoms in total. The van der Waals surface area contributed by atoms with Crippen LogP contribution in [0.1, 0.15) is 28.7 Å². The second-order valence-corrected chi connectivity index (χ2v) is 7.48. The fourth-order valence-corrected chi connectivity index (χ4v) is 3.78. The van der Waals surface area contributed by atoms with Gasteiger partial charge in [0.1, 0.15) is 5.52 Å². The summed E-state index contributed by atoms with van der Waals surface area (Å²) in [5.41, 5.74) is 5.25. The molecule has 5 rings (SSSR count). The summed E-state index contributed by atoms with van der Waals surface area (Å²) in [6.07, 6.45) is 0.824. The van der Waals surface area contributed by atoms with Crippen LogP contribution in [0.25, 0.3) is 27.9 Å². The van der Waals surface area contributed by atoms with Gasteiger partial charge in [-0.05, 0) is 43.2 Å². The van der Waals surface area contributed by atoms with E-state index >= 15 is 0 Å². The van der Waals surface area contributed by atoms with Crippen LogP contribution in [-0.4, -0.2) is 26.1 Å². The van der Waals surface area contributed by atoms with Crippen LogP contribution in [0.2, 0.25) is 0 Å². The molecule has 0 bridgehead atoms. The number of hydrogen-bond donors (Lipinski definition) is 1. The number of hydrogen-bond acceptors (Lipinski definition) is 5. The molecule has 2 heterocycles. The maximum Gasteiger partial charge on any atom is 0.278 e. The van der Waals surface area contributed by atoms with Gasteiger partial charge in [-0.3, -0.25) is 4.79 Å². The summed E-state index contributed by atoms with van der Waals surface area (Å²) in [6.45, 7) is 3.88. The molecule has 0 fully saturated rings. The number of aromatic nitrogens is 4. The van der Waals surface area contributed by atoms with Gasteiger partial charge >= 0.3 is 0 Å². The number of carbonyl (C=O) groups is 1. The Kier molecular flexibility index (Phi) is 4.99. The Morgan fingerprint density at radius 1 is 1.03 bits per heavy atom. The first-order chi connectivity index (χ1) is 15.7. The highest BCUT2D eigenvalue weighted by Gasteiger charge is 2.19. The van der Waals surface area contributed by atoms with Gasteiger partial charge in [-0.1, -0.05) is 65.8 Å². The second kappa shape index (κ2) is 8.11. The zero-order valence-corrected chi connectivity index (χ0v) is 17.7. The number of para-hydroxylation sites is 1. The Hall–Kier alpha value is -4.26. The minimum Gasteiger partial charge on any atom is -0.355 e. The van der Waals surface area contributed by atoms with Crippen molar-refractivity contribution in [2.45, 2.75) is 20.3 Å². The monoisotopic (exact) mass is 423 g/mol. The summed E-state index contributed by atoms with van der Waals surface area (Å²) >= 11 is 0. The zero-order valence-electron chi connectivity index (χ0n) is 17.7. The van der Waals surface area contributed by atoms with Crippen molar-refractivity contribution in [3.8, 4) is 17.0 Å². The molecule has 1 N–H and O–H groups in total. The first-order valence-electron chi connectivity index (χ1n) is 10.4. The fourth-order valence-electron chi connectivity index (χ4n) is 3.78. The Morgan fingerprint density at radius 3 is 2.62 bits per heavy atom. The van der Waals surface area contributed by atoms with Crippen LogP contribution in [0.3, 0.4) is 0 Å². The number of carbonyl (C=O) groups excluding carboxylic acids is 1. The lowest BCUT2D eigenvalue weighted by atomic mass is 10.1. The molecule has 0 spiro atoms. The minimum atomic E-state index is -0.286. The van der Waals surface area contributed by atoms with Crippen molar-refractivity contribution in [3.63, 3.8) is 0 Å². The largest absolute Gasteiger partial charge is 0.355 e. The van der Waals surface area contributed by atoms with E-state index in [1.165, 1.54) is 0 Å². The molecular formula is C25H21N5O2. The Labute approximate surface area is 184 Å². The second-order valence-electron chi connectivity index (χ2n) is 7.48. The third-order valence-corrected chi connectivity index (χ3v) is 5.50. The number of nitrogens with one attached hydrogen (secondary N) is 1. The summed E-state index contributed by atoms with van der Waals surface area (Å²) < 4.78 is 7.25. The topological polar surface area (TPSA) is 85.8 Å². The molecule has 2 aromatic heterocycles. The van der Waals surface area contributed by atoms with E-state index in [0.29, 0.717) is 11.5 Å². The predicted molar refractivity (Wildman–Crippen MR) is 123 cm³/mol. The Bertz CT molecular complexity index is 1420. The molecule has 0 atom stereocenters. The highest BCUT2D eigenvalue weighted by molar-refractivity contribution is 6.04. The fraction of sp³-hybridized carbons (Fsp3) is 0.120. The molecule has 158 valence electrons. The number of benzene rings is 3. The molecule has 0 unspecified atom stereocenters. The molecule has 3 aromatic carbocycles. The highest BCUT2D eigenvalue weighted by Crippen LogP contribution is 2.30. The van der Waals surface area contributed by atoms with Gasteiger partial charge in [0.05, 0.1) is 16.8 Å². The third kappa shape index (κ3) is 3.43. The normalized spacial score (nSPS) is 11.1. The van der Waals surface area contributed by atoms with Gasteiger partial charge < -0.3 is 9.84 Å². The van der Waals surface area contributed by atoms with E-state index in [4.69, 9.17) is 4.52 Å². The molecule has 1 amide bonds. The number of anilines is 1. The van der Waals surface area contributed by atoms with Crippen LogP contribution >= 0.6 is 0 Å². The van der Waals surface area contributed by atoms with Crippen LogP contribution in [-0.2, 0) is 6.42 Å². The average Bonchev–Trinajstić information content (AvgIpc) is 3.43. The first-order valence-corrected chi connectivity index (χ1v) is 10.4. The Morgan fingerprint density at radius 2 is 1.81 bits per heavy atom. The number of aryl methyl sites for hydroxylation is 1. The molecule has 5 aromatic rings. The number of amides is 1. The van der Waals surface area contributed by atoms with Crippen molar-refractivity contribution in [3.05, 3.63) is 89.7 Å². The summed E-state index contributed by atoms with van der Waals surface area (Å²) in [5.74, 6) is 0.403. The predicted octanol–water partition coefficient (Wildman–Crippen LogP) is 5.20. The van der Waals surface area contributed by atoms with E-state index in [0.717, 1.165) is 39.8 Å². The lowest BCUT2D eigenvalue weighted by Gasteiger charge is -2.09. The molecule has 0 saturated heterocycles. The Balaban J connectivity index is 1.49. The molecule has 32 heavy (non-hydrogen) atoms. The summed E-state index contributed by atoms with van der Waals surface area (Å²) in [7, 11) is 0. The smallest absolute Gasteiger partial charge is 0.278 e. The molecule has 0 aliphatic rings. The van der Waals surface area contributed by atoms with E-state index in [1.54, 1.807) is 4.68 Å². The summed E-state index contributed by atoms with van der Waals surface area (Å²) in [6, 6.07) is 23.3. The molecular weight excluding hydrogens is 402 g/mol. The van der Waals surface area contributed by atoms with Gasteiger partial charge in [-0.15, -0.1) is 5.10 Å². The third-order valence-electron chi connectivity index (χ3n) is 5.50. The average molecular weight is 423 g/mol. The maximum atomic E-state index is 12.9. The van der Waals surface area contributed by atoms with Crippen molar-refractivity contribution in [1.82, 2.24) is 20.2 Å². The van der Waals surface area contributed by atoms with Gasteiger partial charge in [0.2, 0.25) is 0 Å². The zero-order chi connectivity index (χ0) is 22.1. The van der Waals surface area contributed by atoms with Crippen molar-refractivity contribution in [1.29, 1.82) is 0 Å². The number of fused-ring (bicyclic) bond motifs is 1. The van der Waals surface area contributed by atoms with Gasteiger partial charge in [0, 0.05) is 11.3 Å². The van der Waals surface area contributed by atoms with E-state index in [9.17, 15) is 4.79 Å². The molecule has 0 aliphatic carbocycles. The van der Waals surface area contributed by atoms with E-state index in [2.05, 4.69) is 27.7 Å². The number of rotatable bonds is 5. The maximum absolute atomic E-state index is 12.9. The molecule has 7 heteroatoms. The molecule has 0 aliphatic heterocycles. The molecule has 0 saturated carbocycles. The summed E-state index contributed by atoms with van der Waals surface area (Å²) in [4.78, 5) is 12.9. The lowest BCUT2D eigenvalue weighted by Crippen LogP contribution is -2.15. The van der Waals surface area contributed by atoms with Crippen LogP contribution in [0.4, 0.5) is 5.69 Å². The van der Waals surface area contributed by atoms with Gasteiger partial charge in [0.25, 0.3) is 5.91 Å². The van der Waals surface area contributed by atoms with E-state index in [-0.39, 0.29) is 11.6 Å². The van der Waals surface area contributed by atoms with Crippen molar-refractivity contribution in [2.75, 3.05) is 5.32 Å². The van der Waals surface area contributed by atoms with Crippen molar-refractivity contribution >= 4 is 22.5 Å². The van der Waals surface area contributed by atoms with Crippen molar-refractivity contribution < 1.29 is 9.32 Å². The van der Waals surface area contributed by atoms with Crippen LogP contribution < -0.4 is 5.32 Å². The lowest BCUT2D eigenvalue weighted by molar-refractivity contribution is 0.102. The first kappa shape index (κ1) is 19.7. The van der Waals surface area contributed by atoms with Gasteiger partial charge in [0.15, 0.2) is 11.5 Å². The van der Waals surface area contributed by atoms with Crippen LogP contribution in [0.15, 0.2) is 77.3 Å². The van der Waals surface area contributed by atoms with Gasteiger partial charge in [-0.2, -0.15) is 0 Å². The molecule has 0 radical (unpaired) electrons. The van der Waals surface area contributed by atoms with E-state index in [1.807, 2.05) is 79.7 Å². The highest BCUT2D eigenvalue weighted by atomic mass is 16.5. The summed E-state index contributed by atoms with van der Waals surface area (Å²) in [5, 5.41) is 16.4. The van der Waals surface area contributed by atoms with E-state index < -0.39 is 0 Å². The van der Waals surface area contributed by atoms with Crippen LogP contribution in [0, 0.1) is 6.92 Å². The van der Waals surface area contributed by atoms with Crippen molar-refractivity contribution in [2.24, 2.45) is 0 Å². The minimum absolute atomic E-state index is 0.282. The van der Waals surface area contributed by atoms with Crippen LogP contribution in [0.5, 0.6) is 0 Å². The van der Waals surface area contributed by atoms with Gasteiger partial charge in [-0.25, -0.2) is 4.68 Å². The SMILES string of the molecule is CCc1ccccc1NC(=O)c1nnn(-c2ccc3noc(-c4ccccc4)c3c2)c1C. The standard InChI is InChI=1S/C25H21N5O2/c1-3-17-9-7-8-12-21(17)26-25(31)23-16(2)30(29-27-23)19-13-14-22-20(15-19)24(32-28-22)18-10-5-4-6-11-18/h4-15H,3H2,1-2H3,(H,26,31). The quantitative estimate of drug-likeness (QED) is 0.420.